The monoisotopic (exact) mass is 244 g/mol. The molecule has 88 valence electrons. The lowest BCUT2D eigenvalue weighted by Crippen LogP contribution is -2.32. The summed E-state index contributed by atoms with van der Waals surface area (Å²) in [5, 5.41) is 44.1. The third-order valence-corrected chi connectivity index (χ3v) is 2.06. The molecule has 18 heavy (non-hydrogen) atoms. The molecule has 0 saturated carbocycles. The number of allylic oxidation sites excluding steroid dienone is 2. The van der Waals surface area contributed by atoms with Crippen LogP contribution in [-0.2, 0) is 9.59 Å². The van der Waals surface area contributed by atoms with Crippen LogP contribution in [0.1, 0.15) is 0 Å². The number of carboxylic acid groups (broad SMARTS) is 1. The molecule has 0 unspecified atom stereocenters. The molecule has 1 aliphatic heterocycles. The van der Waals surface area contributed by atoms with Crippen LogP contribution in [0, 0.1) is 34.0 Å². The zero-order valence-corrected chi connectivity index (χ0v) is 8.71. The lowest BCUT2D eigenvalue weighted by atomic mass is 10.1. The number of carbonyl (C=O) groups is 2. The smallest absolute Gasteiger partial charge is 0.323 e. The number of aliphatic hydroxyl groups excluding tert-OH is 1. The van der Waals surface area contributed by atoms with E-state index in [9.17, 15) is 14.7 Å². The van der Waals surface area contributed by atoms with Gasteiger partial charge in [0.05, 0.1) is 5.70 Å². The van der Waals surface area contributed by atoms with Gasteiger partial charge < -0.3 is 10.2 Å². The molecule has 8 nitrogen and oxygen atoms in total. The van der Waals surface area contributed by atoms with Crippen molar-refractivity contribution in [3.05, 3.63) is 22.6 Å². The summed E-state index contributed by atoms with van der Waals surface area (Å²) in [5.74, 6) is -3.52. The normalized spacial score (nSPS) is 13.9. The molecule has 0 fully saturated rings. The van der Waals surface area contributed by atoms with E-state index in [1.54, 1.807) is 0 Å². The largest absolute Gasteiger partial charge is 0.502 e. The highest BCUT2D eigenvalue weighted by molar-refractivity contribution is 6.01. The molecule has 0 bridgehead atoms. The number of carbonyl (C=O) groups excluding carboxylic acids is 1. The third-order valence-electron chi connectivity index (χ3n) is 2.06. The van der Waals surface area contributed by atoms with Gasteiger partial charge in [0.15, 0.2) is 5.57 Å². The predicted octanol–water partition coefficient (Wildman–Crippen LogP) is -0.450. The van der Waals surface area contributed by atoms with Crippen molar-refractivity contribution in [1.82, 2.24) is 4.90 Å². The maximum Gasteiger partial charge on any atom is 0.323 e. The Balaban J connectivity index is 3.51. The van der Waals surface area contributed by atoms with Gasteiger partial charge in [-0.1, -0.05) is 0 Å². The number of carboxylic acids is 1. The maximum atomic E-state index is 11.5. The highest BCUT2D eigenvalue weighted by Crippen LogP contribution is 2.29. The van der Waals surface area contributed by atoms with Crippen LogP contribution in [-0.4, -0.2) is 33.5 Å². The number of nitriles is 3. The number of hydrogen-bond acceptors (Lipinski definition) is 6. The molecular weight excluding hydrogens is 240 g/mol. The summed E-state index contributed by atoms with van der Waals surface area (Å²) in [7, 11) is 0. The SMILES string of the molecule is N#CC(C#N)=C1C(C#N)=C(O)C(=O)N1CC(=O)O. The number of rotatable bonds is 2. The van der Waals surface area contributed by atoms with Crippen molar-refractivity contribution in [2.75, 3.05) is 6.54 Å². The van der Waals surface area contributed by atoms with E-state index in [-0.39, 0.29) is 0 Å². The zero-order chi connectivity index (χ0) is 13.9. The van der Waals surface area contributed by atoms with E-state index in [0.29, 0.717) is 4.90 Å². The van der Waals surface area contributed by atoms with Crippen LogP contribution in [0.5, 0.6) is 0 Å². The Bertz CT molecular complexity index is 608. The molecule has 1 amide bonds. The standard InChI is InChI=1S/C10H4N4O4/c11-1-5(2-12)8-6(3-13)9(17)10(18)14(8)4-7(15)16/h17H,4H2,(H,15,16). The molecule has 1 heterocycles. The fraction of sp³-hybridized carbons (Fsp3) is 0.100. The summed E-state index contributed by atoms with van der Waals surface area (Å²) in [6.07, 6.45) is 0. The van der Waals surface area contributed by atoms with Gasteiger partial charge in [-0.15, -0.1) is 0 Å². The molecule has 0 aliphatic carbocycles. The summed E-state index contributed by atoms with van der Waals surface area (Å²) < 4.78 is 0. The highest BCUT2D eigenvalue weighted by atomic mass is 16.4. The van der Waals surface area contributed by atoms with E-state index in [0.717, 1.165) is 0 Å². The number of amides is 1. The van der Waals surface area contributed by atoms with Crippen LogP contribution in [0.2, 0.25) is 0 Å². The van der Waals surface area contributed by atoms with Gasteiger partial charge >= 0.3 is 5.97 Å². The Morgan fingerprint density at radius 2 is 1.83 bits per heavy atom. The van der Waals surface area contributed by atoms with Crippen molar-refractivity contribution in [1.29, 1.82) is 15.8 Å². The fourth-order valence-corrected chi connectivity index (χ4v) is 1.37. The molecular formula is C10H4N4O4. The molecule has 1 rings (SSSR count). The van der Waals surface area contributed by atoms with Crippen LogP contribution in [0.4, 0.5) is 0 Å². The number of aliphatic carboxylic acids is 1. The number of nitrogens with zero attached hydrogens (tertiary/aromatic N) is 4. The molecule has 0 aromatic rings. The van der Waals surface area contributed by atoms with Gasteiger partial charge in [0, 0.05) is 0 Å². The topological polar surface area (TPSA) is 149 Å². The summed E-state index contributed by atoms with van der Waals surface area (Å²) in [6.45, 7) is -0.865. The van der Waals surface area contributed by atoms with Gasteiger partial charge in [0.25, 0.3) is 5.91 Å². The molecule has 1 aliphatic rings. The van der Waals surface area contributed by atoms with E-state index < -0.39 is 41.0 Å². The molecule has 0 atom stereocenters. The van der Waals surface area contributed by atoms with Gasteiger partial charge in [-0.2, -0.15) is 15.8 Å². The second-order valence-electron chi connectivity index (χ2n) is 3.07. The number of aliphatic hydroxyl groups is 1. The summed E-state index contributed by atoms with van der Waals surface area (Å²) >= 11 is 0. The third kappa shape index (κ3) is 1.84. The van der Waals surface area contributed by atoms with Crippen LogP contribution in [0.25, 0.3) is 0 Å². The lowest BCUT2D eigenvalue weighted by molar-refractivity contribution is -0.141. The average molecular weight is 244 g/mol. The van der Waals surface area contributed by atoms with Crippen molar-refractivity contribution < 1.29 is 19.8 Å². The van der Waals surface area contributed by atoms with Crippen LogP contribution >= 0.6 is 0 Å². The summed E-state index contributed by atoms with van der Waals surface area (Å²) in [6, 6.07) is 4.34. The quantitative estimate of drug-likeness (QED) is 0.624. The van der Waals surface area contributed by atoms with Gasteiger partial charge in [0.2, 0.25) is 5.76 Å². The zero-order valence-electron chi connectivity index (χ0n) is 8.71. The van der Waals surface area contributed by atoms with Crippen molar-refractivity contribution in [3.63, 3.8) is 0 Å². The first-order valence-electron chi connectivity index (χ1n) is 4.39. The maximum absolute atomic E-state index is 11.5. The van der Waals surface area contributed by atoms with E-state index in [2.05, 4.69) is 0 Å². The van der Waals surface area contributed by atoms with Gasteiger partial charge in [-0.3, -0.25) is 14.5 Å². The molecule has 2 N–H and O–H groups in total. The molecule has 8 heteroatoms. The first-order chi connectivity index (χ1) is 8.47. The van der Waals surface area contributed by atoms with Gasteiger partial charge in [-0.25, -0.2) is 0 Å². The van der Waals surface area contributed by atoms with Crippen molar-refractivity contribution in [3.8, 4) is 18.2 Å². The highest BCUT2D eigenvalue weighted by Gasteiger charge is 2.38. The average Bonchev–Trinajstić information content (AvgIpc) is 2.55. The Hall–Kier alpha value is -3.31. The predicted molar refractivity (Wildman–Crippen MR) is 52.9 cm³/mol. The second-order valence-corrected chi connectivity index (χ2v) is 3.07. The fourth-order valence-electron chi connectivity index (χ4n) is 1.37. The van der Waals surface area contributed by atoms with E-state index in [1.165, 1.54) is 18.2 Å². The first-order valence-corrected chi connectivity index (χ1v) is 4.39. The molecule has 0 aromatic carbocycles. The Kier molecular flexibility index (Phi) is 3.32. The van der Waals surface area contributed by atoms with Crippen LogP contribution in [0.15, 0.2) is 22.6 Å². The van der Waals surface area contributed by atoms with Gasteiger partial charge in [0.1, 0.15) is 30.3 Å². The molecule has 0 radical (unpaired) electrons. The lowest BCUT2D eigenvalue weighted by Gasteiger charge is -2.15. The Morgan fingerprint density at radius 1 is 1.28 bits per heavy atom. The first kappa shape index (κ1) is 12.8. The summed E-state index contributed by atoms with van der Waals surface area (Å²) in [4.78, 5) is 22.6. The van der Waals surface area contributed by atoms with E-state index in [1.807, 2.05) is 0 Å². The number of hydrogen-bond donors (Lipinski definition) is 2. The van der Waals surface area contributed by atoms with Crippen LogP contribution in [0.3, 0.4) is 0 Å². The molecule has 0 aromatic heterocycles. The second kappa shape index (κ2) is 4.69. The Labute approximate surface area is 100 Å². The molecule has 0 saturated heterocycles. The van der Waals surface area contributed by atoms with Crippen molar-refractivity contribution in [2.24, 2.45) is 0 Å². The van der Waals surface area contributed by atoms with Crippen molar-refractivity contribution >= 4 is 11.9 Å². The minimum absolute atomic E-state index is 0.479. The summed E-state index contributed by atoms with van der Waals surface area (Å²) in [5.41, 5.74) is -1.68. The minimum atomic E-state index is -1.41. The van der Waals surface area contributed by atoms with E-state index in [4.69, 9.17) is 20.9 Å². The van der Waals surface area contributed by atoms with Crippen molar-refractivity contribution in [2.45, 2.75) is 0 Å². The minimum Gasteiger partial charge on any atom is -0.502 e. The Morgan fingerprint density at radius 3 is 2.22 bits per heavy atom. The molecule has 0 spiro atoms. The van der Waals surface area contributed by atoms with E-state index >= 15 is 0 Å². The van der Waals surface area contributed by atoms with Gasteiger partial charge in [-0.05, 0) is 0 Å². The van der Waals surface area contributed by atoms with Crippen LogP contribution < -0.4 is 0 Å².